The van der Waals surface area contributed by atoms with E-state index in [1.807, 2.05) is 30.3 Å². The van der Waals surface area contributed by atoms with Gasteiger partial charge >= 0.3 is 0 Å². The standard InChI is InChI=1S/C25H25N3O4S/c1-30-21-13-18(14-22(31-2)24(21)32-3)27-23(29)16-33-25-19-10-12-28(20(19)9-11-26-25)15-17-7-5-4-6-8-17/h4-14H,15-16H2,1-3H3,(H,27,29). The third-order valence-electron chi connectivity index (χ3n) is 5.15. The van der Waals surface area contributed by atoms with Crippen molar-refractivity contribution in [2.45, 2.75) is 11.6 Å². The summed E-state index contributed by atoms with van der Waals surface area (Å²) in [6.45, 7) is 0.778. The van der Waals surface area contributed by atoms with Gasteiger partial charge in [0.1, 0.15) is 5.03 Å². The first-order valence-electron chi connectivity index (χ1n) is 10.3. The minimum atomic E-state index is -0.156. The second-order valence-electron chi connectivity index (χ2n) is 7.23. The van der Waals surface area contributed by atoms with Crippen LogP contribution < -0.4 is 19.5 Å². The Balaban J connectivity index is 1.46. The van der Waals surface area contributed by atoms with Gasteiger partial charge < -0.3 is 24.1 Å². The molecule has 0 fully saturated rings. The Hall–Kier alpha value is -3.65. The SMILES string of the molecule is COc1cc(NC(=O)CSc2nccc3c2ccn3Cc2ccccc2)cc(OC)c1OC. The number of nitrogens with zero attached hydrogens (tertiary/aromatic N) is 2. The number of anilines is 1. The van der Waals surface area contributed by atoms with Crippen molar-refractivity contribution < 1.29 is 19.0 Å². The smallest absolute Gasteiger partial charge is 0.234 e. The van der Waals surface area contributed by atoms with E-state index < -0.39 is 0 Å². The zero-order chi connectivity index (χ0) is 23.2. The fourth-order valence-corrected chi connectivity index (χ4v) is 4.42. The number of pyridine rings is 1. The number of nitrogens with one attached hydrogen (secondary N) is 1. The van der Waals surface area contributed by atoms with Gasteiger partial charge in [-0.05, 0) is 17.7 Å². The summed E-state index contributed by atoms with van der Waals surface area (Å²) in [5.41, 5.74) is 2.88. The van der Waals surface area contributed by atoms with Crippen LogP contribution >= 0.6 is 11.8 Å². The molecular formula is C25H25N3O4S. The van der Waals surface area contributed by atoms with Crippen LogP contribution in [0.25, 0.3) is 10.9 Å². The maximum atomic E-state index is 12.6. The van der Waals surface area contributed by atoms with Gasteiger partial charge in [-0.1, -0.05) is 42.1 Å². The van der Waals surface area contributed by atoms with Gasteiger partial charge in [0.15, 0.2) is 11.5 Å². The summed E-state index contributed by atoms with van der Waals surface area (Å²) >= 11 is 1.40. The van der Waals surface area contributed by atoms with Crippen LogP contribution in [0.2, 0.25) is 0 Å². The van der Waals surface area contributed by atoms with Gasteiger partial charge in [-0.3, -0.25) is 4.79 Å². The van der Waals surface area contributed by atoms with Gasteiger partial charge in [0.05, 0.1) is 32.6 Å². The number of methoxy groups -OCH3 is 3. The average Bonchev–Trinajstić information content (AvgIpc) is 3.26. The van der Waals surface area contributed by atoms with Crippen LogP contribution in [0.4, 0.5) is 5.69 Å². The monoisotopic (exact) mass is 463 g/mol. The molecule has 7 nitrogen and oxygen atoms in total. The number of hydrogen-bond donors (Lipinski definition) is 1. The highest BCUT2D eigenvalue weighted by atomic mass is 32.2. The summed E-state index contributed by atoms with van der Waals surface area (Å²) < 4.78 is 18.2. The van der Waals surface area contributed by atoms with E-state index in [1.165, 1.54) is 38.7 Å². The van der Waals surface area contributed by atoms with Gasteiger partial charge in [0, 0.05) is 42.1 Å². The van der Waals surface area contributed by atoms with Crippen molar-refractivity contribution in [2.75, 3.05) is 32.4 Å². The van der Waals surface area contributed by atoms with Crippen molar-refractivity contribution in [3.8, 4) is 17.2 Å². The predicted octanol–water partition coefficient (Wildman–Crippen LogP) is 4.84. The normalized spacial score (nSPS) is 10.8. The maximum absolute atomic E-state index is 12.6. The number of amides is 1. The van der Waals surface area contributed by atoms with Gasteiger partial charge in [-0.25, -0.2) is 4.98 Å². The van der Waals surface area contributed by atoms with Gasteiger partial charge in [0.25, 0.3) is 0 Å². The van der Waals surface area contributed by atoms with Crippen LogP contribution in [0.15, 0.2) is 72.0 Å². The zero-order valence-electron chi connectivity index (χ0n) is 18.7. The van der Waals surface area contributed by atoms with E-state index in [1.54, 1.807) is 18.3 Å². The summed E-state index contributed by atoms with van der Waals surface area (Å²) in [7, 11) is 4.61. The number of benzene rings is 2. The number of hydrogen-bond acceptors (Lipinski definition) is 6. The molecule has 2 aromatic carbocycles. The van der Waals surface area contributed by atoms with Crippen molar-refractivity contribution in [3.05, 3.63) is 72.6 Å². The van der Waals surface area contributed by atoms with E-state index in [0.29, 0.717) is 22.9 Å². The topological polar surface area (TPSA) is 74.6 Å². The molecule has 1 N–H and O–H groups in total. The lowest BCUT2D eigenvalue weighted by atomic mass is 10.2. The fraction of sp³-hybridized carbons (Fsp3) is 0.200. The molecule has 0 saturated heterocycles. The minimum absolute atomic E-state index is 0.156. The number of carbonyl (C=O) groups excluding carboxylic acids is 1. The average molecular weight is 464 g/mol. The molecule has 0 atom stereocenters. The molecule has 0 spiro atoms. The highest BCUT2D eigenvalue weighted by molar-refractivity contribution is 8.00. The minimum Gasteiger partial charge on any atom is -0.493 e. The molecule has 2 aromatic heterocycles. The van der Waals surface area contributed by atoms with Crippen LogP contribution in [0, 0.1) is 0 Å². The molecule has 2 heterocycles. The molecule has 0 aliphatic carbocycles. The third kappa shape index (κ3) is 5.06. The summed E-state index contributed by atoms with van der Waals surface area (Å²) in [5, 5.41) is 4.74. The predicted molar refractivity (Wildman–Crippen MR) is 131 cm³/mol. The van der Waals surface area contributed by atoms with E-state index >= 15 is 0 Å². The molecule has 8 heteroatoms. The summed E-state index contributed by atoms with van der Waals surface area (Å²) in [5.74, 6) is 1.49. The van der Waals surface area contributed by atoms with Crippen molar-refractivity contribution in [1.29, 1.82) is 0 Å². The first-order chi connectivity index (χ1) is 16.1. The van der Waals surface area contributed by atoms with Crippen molar-refractivity contribution in [1.82, 2.24) is 9.55 Å². The number of rotatable bonds is 9. The molecule has 0 aliphatic heterocycles. The molecule has 170 valence electrons. The van der Waals surface area contributed by atoms with Gasteiger partial charge in [-0.2, -0.15) is 0 Å². The number of aromatic nitrogens is 2. The largest absolute Gasteiger partial charge is 0.493 e. The fourth-order valence-electron chi connectivity index (χ4n) is 3.61. The Labute approximate surface area is 196 Å². The molecular weight excluding hydrogens is 438 g/mol. The summed E-state index contributed by atoms with van der Waals surface area (Å²) in [6, 6.07) is 17.8. The molecule has 0 unspecified atom stereocenters. The summed E-state index contributed by atoms with van der Waals surface area (Å²) in [4.78, 5) is 17.1. The van der Waals surface area contributed by atoms with Gasteiger partial charge in [0.2, 0.25) is 11.7 Å². The second kappa shape index (κ2) is 10.3. The molecule has 0 bridgehead atoms. The van der Waals surface area contributed by atoms with Crippen molar-refractivity contribution >= 4 is 34.3 Å². The molecule has 4 rings (SSSR count). The van der Waals surface area contributed by atoms with E-state index in [-0.39, 0.29) is 11.7 Å². The Kier molecular flexibility index (Phi) is 7.04. The molecule has 0 radical (unpaired) electrons. The number of carbonyl (C=O) groups is 1. The molecule has 4 aromatic rings. The van der Waals surface area contributed by atoms with Crippen molar-refractivity contribution in [2.24, 2.45) is 0 Å². The lowest BCUT2D eigenvalue weighted by molar-refractivity contribution is -0.113. The van der Waals surface area contributed by atoms with Crippen molar-refractivity contribution in [3.63, 3.8) is 0 Å². The van der Waals surface area contributed by atoms with Crippen LogP contribution in [0.1, 0.15) is 5.56 Å². The van der Waals surface area contributed by atoms with Crippen LogP contribution in [0.5, 0.6) is 17.2 Å². The zero-order valence-corrected chi connectivity index (χ0v) is 19.5. The van der Waals surface area contributed by atoms with Gasteiger partial charge in [-0.15, -0.1) is 0 Å². The molecule has 33 heavy (non-hydrogen) atoms. The molecule has 0 saturated carbocycles. The number of thioether (sulfide) groups is 1. The molecule has 0 aliphatic rings. The lowest BCUT2D eigenvalue weighted by Crippen LogP contribution is -2.14. The van der Waals surface area contributed by atoms with E-state index in [0.717, 1.165) is 22.5 Å². The highest BCUT2D eigenvalue weighted by Gasteiger charge is 2.15. The quantitative estimate of drug-likeness (QED) is 0.358. The Morgan fingerprint density at radius 1 is 1.00 bits per heavy atom. The van der Waals surface area contributed by atoms with E-state index in [2.05, 4.69) is 33.2 Å². The maximum Gasteiger partial charge on any atom is 0.234 e. The van der Waals surface area contributed by atoms with E-state index in [4.69, 9.17) is 14.2 Å². The van der Waals surface area contributed by atoms with Crippen LogP contribution in [-0.4, -0.2) is 42.5 Å². The lowest BCUT2D eigenvalue weighted by Gasteiger charge is -2.14. The highest BCUT2D eigenvalue weighted by Crippen LogP contribution is 2.40. The van der Waals surface area contributed by atoms with Crippen LogP contribution in [0.3, 0.4) is 0 Å². The third-order valence-corrected chi connectivity index (χ3v) is 6.15. The summed E-state index contributed by atoms with van der Waals surface area (Å²) in [6.07, 6.45) is 3.84. The first-order valence-corrected chi connectivity index (χ1v) is 11.3. The Morgan fingerprint density at radius 3 is 2.39 bits per heavy atom. The number of ether oxygens (including phenoxy) is 3. The van der Waals surface area contributed by atoms with Crippen LogP contribution in [-0.2, 0) is 11.3 Å². The number of fused-ring (bicyclic) bond motifs is 1. The Morgan fingerprint density at radius 2 is 1.73 bits per heavy atom. The second-order valence-corrected chi connectivity index (χ2v) is 8.19. The first kappa shape index (κ1) is 22.5. The van der Waals surface area contributed by atoms with E-state index in [9.17, 15) is 4.79 Å². The molecule has 1 amide bonds. The Bertz CT molecular complexity index is 1230.